The minimum absolute atomic E-state index is 0.0160. The van der Waals surface area contributed by atoms with E-state index in [1.165, 1.54) is 11.1 Å². The Bertz CT molecular complexity index is 552. The van der Waals surface area contributed by atoms with Crippen LogP contribution >= 0.6 is 0 Å². The summed E-state index contributed by atoms with van der Waals surface area (Å²) in [7, 11) is 0. The monoisotopic (exact) mass is 268 g/mol. The van der Waals surface area contributed by atoms with E-state index in [-0.39, 0.29) is 5.91 Å². The van der Waals surface area contributed by atoms with Gasteiger partial charge < -0.3 is 11.1 Å². The summed E-state index contributed by atoms with van der Waals surface area (Å²) in [6, 6.07) is 17.5. The Morgan fingerprint density at radius 3 is 2.30 bits per heavy atom. The van der Waals surface area contributed by atoms with Crippen LogP contribution in [0.25, 0.3) is 0 Å². The molecule has 3 nitrogen and oxygen atoms in total. The summed E-state index contributed by atoms with van der Waals surface area (Å²) < 4.78 is 0. The van der Waals surface area contributed by atoms with Gasteiger partial charge in [-0.1, -0.05) is 42.5 Å². The van der Waals surface area contributed by atoms with Crippen LogP contribution in [-0.2, 0) is 13.0 Å². The maximum Gasteiger partial charge on any atom is 0.251 e. The third-order valence-corrected chi connectivity index (χ3v) is 3.28. The van der Waals surface area contributed by atoms with E-state index in [0.29, 0.717) is 18.7 Å². The zero-order valence-electron chi connectivity index (χ0n) is 11.5. The Balaban J connectivity index is 1.78. The lowest BCUT2D eigenvalue weighted by molar-refractivity contribution is 0.0953. The molecule has 3 heteroatoms. The molecule has 0 aliphatic carbocycles. The van der Waals surface area contributed by atoms with E-state index >= 15 is 0 Å². The van der Waals surface area contributed by atoms with E-state index in [4.69, 9.17) is 5.73 Å². The van der Waals surface area contributed by atoms with Crippen molar-refractivity contribution < 1.29 is 4.79 Å². The predicted octanol–water partition coefficient (Wildman–Crippen LogP) is 2.51. The lowest BCUT2D eigenvalue weighted by Crippen LogP contribution is -2.24. The summed E-state index contributed by atoms with van der Waals surface area (Å²) in [5.41, 5.74) is 8.86. The molecule has 0 unspecified atom stereocenters. The second-order valence-electron chi connectivity index (χ2n) is 4.70. The van der Waals surface area contributed by atoms with Gasteiger partial charge in [0.1, 0.15) is 0 Å². The number of nitrogens with one attached hydrogen (secondary N) is 1. The highest BCUT2D eigenvalue weighted by atomic mass is 16.1. The normalized spacial score (nSPS) is 10.2. The molecule has 0 heterocycles. The number of amides is 1. The van der Waals surface area contributed by atoms with Crippen LogP contribution in [0, 0.1) is 0 Å². The molecule has 0 saturated carbocycles. The molecule has 2 rings (SSSR count). The van der Waals surface area contributed by atoms with Gasteiger partial charge in [0, 0.05) is 18.7 Å². The number of nitrogens with two attached hydrogens (primary N) is 1. The molecular weight excluding hydrogens is 248 g/mol. The summed E-state index contributed by atoms with van der Waals surface area (Å²) in [6.07, 6.45) is 1.85. The molecule has 1 amide bonds. The van der Waals surface area contributed by atoms with Crippen LogP contribution in [0.2, 0.25) is 0 Å². The van der Waals surface area contributed by atoms with E-state index in [1.54, 1.807) is 0 Å². The molecule has 2 aromatic rings. The van der Waals surface area contributed by atoms with Gasteiger partial charge in [-0.3, -0.25) is 4.79 Å². The number of benzene rings is 2. The SMILES string of the molecule is NCc1ccccc1CCCNC(=O)c1ccccc1. The van der Waals surface area contributed by atoms with Crippen molar-refractivity contribution in [3.05, 3.63) is 71.3 Å². The van der Waals surface area contributed by atoms with Gasteiger partial charge in [0.25, 0.3) is 5.91 Å². The summed E-state index contributed by atoms with van der Waals surface area (Å²) in [4.78, 5) is 11.8. The number of hydrogen-bond donors (Lipinski definition) is 2. The first kappa shape index (κ1) is 14.3. The molecule has 104 valence electrons. The van der Waals surface area contributed by atoms with Gasteiger partial charge in [0.15, 0.2) is 0 Å². The first-order valence-corrected chi connectivity index (χ1v) is 6.91. The topological polar surface area (TPSA) is 55.1 Å². The zero-order chi connectivity index (χ0) is 14.2. The highest BCUT2D eigenvalue weighted by Gasteiger charge is 2.04. The van der Waals surface area contributed by atoms with Crippen molar-refractivity contribution in [3.63, 3.8) is 0 Å². The van der Waals surface area contributed by atoms with Crippen LogP contribution in [0.15, 0.2) is 54.6 Å². The second-order valence-corrected chi connectivity index (χ2v) is 4.70. The Hall–Kier alpha value is -2.13. The Morgan fingerprint density at radius 1 is 0.950 bits per heavy atom. The molecule has 0 atom stereocenters. The summed E-state index contributed by atoms with van der Waals surface area (Å²) >= 11 is 0. The predicted molar refractivity (Wildman–Crippen MR) is 81.4 cm³/mol. The lowest BCUT2D eigenvalue weighted by Gasteiger charge is -2.08. The van der Waals surface area contributed by atoms with E-state index in [1.807, 2.05) is 42.5 Å². The van der Waals surface area contributed by atoms with Gasteiger partial charge in [0.2, 0.25) is 0 Å². The minimum atomic E-state index is -0.0160. The fourth-order valence-corrected chi connectivity index (χ4v) is 2.17. The number of carbonyl (C=O) groups excluding carboxylic acids is 1. The molecule has 2 aromatic carbocycles. The van der Waals surface area contributed by atoms with Crippen LogP contribution in [-0.4, -0.2) is 12.5 Å². The first-order valence-electron chi connectivity index (χ1n) is 6.91. The highest BCUT2D eigenvalue weighted by Crippen LogP contribution is 2.10. The van der Waals surface area contributed by atoms with Crippen molar-refractivity contribution >= 4 is 5.91 Å². The number of carbonyl (C=O) groups is 1. The van der Waals surface area contributed by atoms with E-state index in [2.05, 4.69) is 17.4 Å². The Kier molecular flexibility index (Phi) is 5.33. The minimum Gasteiger partial charge on any atom is -0.352 e. The fourth-order valence-electron chi connectivity index (χ4n) is 2.17. The average Bonchev–Trinajstić information content (AvgIpc) is 2.52. The van der Waals surface area contributed by atoms with Crippen LogP contribution in [0.1, 0.15) is 27.9 Å². The molecule has 0 saturated heterocycles. The third kappa shape index (κ3) is 3.93. The number of rotatable bonds is 6. The second kappa shape index (κ2) is 7.46. The van der Waals surface area contributed by atoms with Crippen LogP contribution in [0.3, 0.4) is 0 Å². The van der Waals surface area contributed by atoms with Crippen molar-refractivity contribution in [2.24, 2.45) is 5.73 Å². The molecule has 0 radical (unpaired) electrons. The standard InChI is InChI=1S/C17H20N2O/c18-13-16-10-5-4-7-14(16)11-6-12-19-17(20)15-8-2-1-3-9-15/h1-5,7-10H,6,11-13,18H2,(H,19,20). The molecule has 0 aliphatic heterocycles. The van der Waals surface area contributed by atoms with Gasteiger partial charge in [-0.15, -0.1) is 0 Å². The van der Waals surface area contributed by atoms with Gasteiger partial charge >= 0.3 is 0 Å². The van der Waals surface area contributed by atoms with Crippen molar-refractivity contribution in [3.8, 4) is 0 Å². The van der Waals surface area contributed by atoms with Crippen LogP contribution in [0.5, 0.6) is 0 Å². The summed E-state index contributed by atoms with van der Waals surface area (Å²) in [5.74, 6) is -0.0160. The van der Waals surface area contributed by atoms with E-state index in [0.717, 1.165) is 12.8 Å². The molecule has 20 heavy (non-hydrogen) atoms. The van der Waals surface area contributed by atoms with Crippen molar-refractivity contribution in [2.75, 3.05) is 6.54 Å². The van der Waals surface area contributed by atoms with Gasteiger partial charge in [0.05, 0.1) is 0 Å². The van der Waals surface area contributed by atoms with Gasteiger partial charge in [-0.25, -0.2) is 0 Å². The number of aryl methyl sites for hydroxylation is 1. The van der Waals surface area contributed by atoms with Gasteiger partial charge in [-0.05, 0) is 36.1 Å². The van der Waals surface area contributed by atoms with Crippen LogP contribution in [0.4, 0.5) is 0 Å². The molecule has 0 aromatic heterocycles. The van der Waals surface area contributed by atoms with Crippen molar-refractivity contribution in [2.45, 2.75) is 19.4 Å². The molecule has 0 spiro atoms. The largest absolute Gasteiger partial charge is 0.352 e. The molecule has 0 fully saturated rings. The zero-order valence-corrected chi connectivity index (χ0v) is 11.5. The van der Waals surface area contributed by atoms with E-state index in [9.17, 15) is 4.79 Å². The van der Waals surface area contributed by atoms with E-state index < -0.39 is 0 Å². The third-order valence-electron chi connectivity index (χ3n) is 3.28. The van der Waals surface area contributed by atoms with Crippen molar-refractivity contribution in [1.82, 2.24) is 5.32 Å². The molecule has 0 aliphatic rings. The molecular formula is C17H20N2O. The molecule has 3 N–H and O–H groups in total. The maximum atomic E-state index is 11.8. The van der Waals surface area contributed by atoms with Gasteiger partial charge in [-0.2, -0.15) is 0 Å². The average molecular weight is 268 g/mol. The maximum absolute atomic E-state index is 11.8. The first-order chi connectivity index (χ1) is 9.81. The Labute approximate surface area is 119 Å². The summed E-state index contributed by atoms with van der Waals surface area (Å²) in [5, 5.41) is 2.94. The summed E-state index contributed by atoms with van der Waals surface area (Å²) in [6.45, 7) is 1.24. The Morgan fingerprint density at radius 2 is 1.60 bits per heavy atom. The van der Waals surface area contributed by atoms with Crippen molar-refractivity contribution in [1.29, 1.82) is 0 Å². The molecule has 0 bridgehead atoms. The van der Waals surface area contributed by atoms with Crippen LogP contribution < -0.4 is 11.1 Å². The lowest BCUT2D eigenvalue weighted by atomic mass is 10.0. The highest BCUT2D eigenvalue weighted by molar-refractivity contribution is 5.94. The number of hydrogen-bond acceptors (Lipinski definition) is 2. The smallest absolute Gasteiger partial charge is 0.251 e. The fraction of sp³-hybridized carbons (Fsp3) is 0.235. The quantitative estimate of drug-likeness (QED) is 0.791.